The maximum Gasteiger partial charge on any atom is 0.306 e. The first-order chi connectivity index (χ1) is 72.4. The third-order valence-electron chi connectivity index (χ3n) is 3.79. The van der Waals surface area contributed by atoms with Crippen molar-refractivity contribution in [1.82, 2.24) is 0 Å². The van der Waals surface area contributed by atoms with E-state index in [-0.39, 0.29) is 0 Å². The average Bonchev–Trinajstić information content (AvgIpc) is 0.673. The number of rotatable bonds is 53. The van der Waals surface area contributed by atoms with Crippen LogP contribution in [0.2, 0.25) is 0 Å². The van der Waals surface area contributed by atoms with Crippen LogP contribution in [-0.2, 0) is 28.6 Å². The van der Waals surface area contributed by atoms with E-state index < -0.39 is 364 Å². The summed E-state index contributed by atoms with van der Waals surface area (Å²) >= 11 is 0. The summed E-state index contributed by atoms with van der Waals surface area (Å²) in [5.74, 6) is -12.7. The van der Waals surface area contributed by atoms with Crippen LogP contribution in [0.5, 0.6) is 0 Å². The Morgan fingerprint density at radius 1 is 0.317 bits per heavy atom. The molecule has 0 N–H and O–H groups in total. The van der Waals surface area contributed by atoms with E-state index in [9.17, 15) is 14.4 Å². The molecule has 0 aliphatic carbocycles. The fourth-order valence-electron chi connectivity index (χ4n) is 1.88. The molecular weight excluding hydrogens is 781 g/mol. The monoisotopic (exact) mass is 1000 g/mol. The van der Waals surface area contributed by atoms with Crippen LogP contribution in [-0.4, -0.2) is 37.1 Å². The maximum atomic E-state index is 14.9. The summed E-state index contributed by atoms with van der Waals surface area (Å²) < 4.78 is 932. The van der Waals surface area contributed by atoms with Gasteiger partial charge >= 0.3 is 17.9 Å². The Balaban J connectivity index is 10.3. The minimum atomic E-state index is -6.72. The van der Waals surface area contributed by atoms with Crippen molar-refractivity contribution in [2.75, 3.05) is 13.1 Å². The van der Waals surface area contributed by atoms with Crippen LogP contribution in [0, 0.1) is 0 Å². The van der Waals surface area contributed by atoms with Gasteiger partial charge < -0.3 is 14.2 Å². The van der Waals surface area contributed by atoms with Crippen molar-refractivity contribution in [2.24, 2.45) is 0 Å². The van der Waals surface area contributed by atoms with Gasteiger partial charge in [-0.1, -0.05) is 288 Å². The second-order valence-electron chi connectivity index (χ2n) is 7.70. The first kappa shape index (κ1) is 7.72. The molecule has 0 aromatic heterocycles. The summed E-state index contributed by atoms with van der Waals surface area (Å²) in [6, 6.07) is 0. The van der Waals surface area contributed by atoms with Crippen LogP contribution in [0.1, 0.15) is 477 Å². The van der Waals surface area contributed by atoms with E-state index in [1.54, 1.807) is 0 Å². The van der Waals surface area contributed by atoms with Crippen LogP contribution < -0.4 is 0 Å². The van der Waals surface area contributed by atoms with E-state index in [1.165, 1.54) is 0 Å². The van der Waals surface area contributed by atoms with Crippen molar-refractivity contribution in [2.45, 2.75) is 333 Å². The van der Waals surface area contributed by atoms with Gasteiger partial charge in [-0.15, -0.1) is 0 Å². The smallest absolute Gasteiger partial charge is 0.306 e. The predicted octanol–water partition coefficient (Wildman–Crippen LogP) is 18.8. The van der Waals surface area contributed by atoms with Gasteiger partial charge in [0.2, 0.25) is 0 Å². The fourth-order valence-corrected chi connectivity index (χ4v) is 1.88. The third-order valence-corrected chi connectivity index (χ3v) is 3.79. The predicted molar refractivity (Wildman–Crippen MR) is 270 cm³/mol. The summed E-state index contributed by atoms with van der Waals surface area (Å²) in [5.41, 5.74) is 0. The van der Waals surface area contributed by atoms with Crippen LogP contribution in [0.3, 0.4) is 0 Å². The minimum Gasteiger partial charge on any atom is -0.462 e. The summed E-state index contributed by atoms with van der Waals surface area (Å²) in [5, 5.41) is 0. The number of hydrogen-bond acceptors (Lipinski definition) is 6. The molecule has 0 aliphatic heterocycles. The Morgan fingerprint density at radius 3 is 0.730 bits per heavy atom. The number of carbonyl (C=O) groups excluding carboxylic acids is 3. The normalized spacial score (nSPS) is 49.5. The highest BCUT2D eigenvalue weighted by Gasteiger charge is 2.19. The fraction of sp³-hybridized carbons (Fsp3) is 0.947. The van der Waals surface area contributed by atoms with E-state index in [4.69, 9.17) is 151 Å². The Labute approximate surface area is 548 Å². The molecule has 6 heteroatoms. The van der Waals surface area contributed by atoms with E-state index in [2.05, 4.69) is 14.2 Å². The lowest BCUT2D eigenvalue weighted by atomic mass is 10.0. The molecule has 0 bridgehead atoms. The third kappa shape index (κ3) is 51.3. The average molecular weight is 1000 g/mol. The van der Waals surface area contributed by atoms with Crippen molar-refractivity contribution in [3.63, 3.8) is 0 Å². The van der Waals surface area contributed by atoms with Gasteiger partial charge in [-0.05, 0) is 19.1 Å². The Kier molecular flexibility index (Phi) is 6.50. The second-order valence-corrected chi connectivity index (χ2v) is 7.70. The molecule has 63 heavy (non-hydrogen) atoms. The number of carbonyl (C=O) groups is 3. The van der Waals surface area contributed by atoms with Crippen LogP contribution in [0.4, 0.5) is 0 Å². The van der Waals surface area contributed by atoms with Gasteiger partial charge in [-0.25, -0.2) is 0 Å². The van der Waals surface area contributed by atoms with Crippen LogP contribution in [0.15, 0.2) is 0 Å². The van der Waals surface area contributed by atoms with Gasteiger partial charge in [0, 0.05) is 163 Å². The SMILES string of the molecule is [2H]C([2H])([2H])C([2H])([2H])C([2H])([2H])C([2H])([2H])C([2H])([2H])C([2H])([2H])C([2H])([2H])C([2H])([2H])C([2H])([2H])C([2H])([2H])C([2H])([2H])C([2H])([2H])C([2H])([2H])C([2H])([2H])C([2H])([2H])C([2H])([2H])C([2H])([2H])C(=O)OC([2H])([2H])C([2H])(OC(=O)C([2H])([2H])C([2H])([2H])C([2H])([2H])C([2H])([2H])C([2H])([2H])C([2H])([2H])C([2H])([2H])C([2H])([2H])C([2H])([2H])C([2H])([2H])C([2H])([2H])C([2H])([2H])C([2H])([2H])C([2H])([2H])C([2H])([2H])C([2H])([2H])C([2H])([2H])[2H])C([2H])([2H])OC(=O)C([2H])([2H])C([2H])([2H])C([2H])([2H])C([2H])([2H])C([2H])([2H])C([2H])([2H])C([2H])([2H])C([2H])([2H])C([2H])([2H])C([2H])([2H])C([2H])([2H])C([2H])([2H])C([2H])([2H])C([2H])([2H])C([2H])([2H])C([2H])([2H])C([2H])([2H])[2H]. The lowest BCUT2D eigenvalue weighted by molar-refractivity contribution is -0.167. The largest absolute Gasteiger partial charge is 0.462 e. The van der Waals surface area contributed by atoms with Gasteiger partial charge in [0.25, 0.3) is 0 Å². The Bertz CT molecular complexity index is 5530. The zero-order chi connectivity index (χ0) is 144. The maximum absolute atomic E-state index is 14.9. The van der Waals surface area contributed by atoms with E-state index in [1.807, 2.05) is 0 Å². The summed E-state index contributed by atoms with van der Waals surface area (Å²) in [7, 11) is 0. The molecule has 0 aliphatic rings. The molecule has 0 rings (SSSR count). The number of ether oxygens (including phenoxy) is 3. The van der Waals surface area contributed by atoms with E-state index in [0.717, 1.165) is 0 Å². The van der Waals surface area contributed by atoms with Gasteiger partial charge in [0.05, 0.1) is 6.85 Å². The molecule has 0 unspecified atom stereocenters. The van der Waals surface area contributed by atoms with E-state index in [0.29, 0.717) is 0 Å². The van der Waals surface area contributed by atoms with Crippen molar-refractivity contribution >= 4 is 17.9 Å². The molecule has 0 aromatic carbocycles. The first-order valence-electron chi connectivity index (χ1n) is 70.1. The molecule has 0 atom stereocenters. The highest BCUT2D eigenvalue weighted by Crippen LogP contribution is 2.17. The first-order valence-corrected chi connectivity index (χ1v) is 15.1. The molecular formula is C57H110O6. The van der Waals surface area contributed by atoms with E-state index >= 15 is 0 Å². The number of hydrogen-bond donors (Lipinski definition) is 0. The minimum absolute atomic E-state index is 3.94. The zero-order valence-electron chi connectivity index (χ0n) is 141. The molecule has 0 saturated heterocycles. The molecule has 0 heterocycles. The summed E-state index contributed by atoms with van der Waals surface area (Å²) in [4.78, 5) is 44.1. The number of esters is 3. The molecule has 0 amide bonds. The molecule has 0 fully saturated rings. The van der Waals surface area contributed by atoms with Crippen LogP contribution in [0.25, 0.3) is 0 Å². The topological polar surface area (TPSA) is 78.9 Å². The van der Waals surface area contributed by atoms with Gasteiger partial charge in [0.1, 0.15) is 13.1 Å². The molecule has 0 aromatic rings. The molecule has 6 nitrogen and oxygen atoms in total. The molecule has 374 valence electrons. The second kappa shape index (κ2) is 53.0. The lowest BCUT2D eigenvalue weighted by Crippen LogP contribution is -2.30. The lowest BCUT2D eigenvalue weighted by Gasteiger charge is -2.18. The highest BCUT2D eigenvalue weighted by atomic mass is 16.6. The Hall–Kier alpha value is -1.59. The van der Waals surface area contributed by atoms with Crippen molar-refractivity contribution in [3.8, 4) is 0 Å². The molecule has 0 spiro atoms. The zero-order valence-corrected chi connectivity index (χ0v) is 30.9. The molecule has 0 saturated carbocycles. The van der Waals surface area contributed by atoms with Gasteiger partial charge in [-0.3, -0.25) is 14.4 Å². The van der Waals surface area contributed by atoms with Gasteiger partial charge in [-0.2, -0.15) is 0 Å². The molecule has 0 radical (unpaired) electrons. The van der Waals surface area contributed by atoms with Gasteiger partial charge in [0.15, 0.2) is 6.08 Å². The summed E-state index contributed by atoms with van der Waals surface area (Å²) in [6.45, 7) is -26.4. The Morgan fingerprint density at radius 2 is 0.508 bits per heavy atom. The van der Waals surface area contributed by atoms with Crippen molar-refractivity contribution < 1.29 is 179 Å². The quantitative estimate of drug-likeness (QED) is 0.0446. The van der Waals surface area contributed by atoms with Crippen molar-refractivity contribution in [1.29, 1.82) is 0 Å². The van der Waals surface area contributed by atoms with Crippen molar-refractivity contribution in [3.05, 3.63) is 0 Å². The van der Waals surface area contributed by atoms with Crippen LogP contribution >= 0.6 is 0 Å². The summed E-state index contributed by atoms with van der Waals surface area (Å²) in [6.07, 6.45) is -283. The highest BCUT2D eigenvalue weighted by molar-refractivity contribution is 5.71. The standard InChI is InChI=1S/C57H110O6/c1-4-7-10-13-16-19-22-25-28-31-34-37-40-43-46-49-55(58)61-52-54(63-57(60)51-48-45-42-39-36-33-30-27-24-21-18-15-12-9-6-3)53-62-56(59)50-47-44-41-38-35-32-29-26-23-20-17-14-11-8-5-2/h54H,4-53H2,1-3H3/i1D3,2D3,3D3,4D2,5D2,6D2,7D2,8D2,9D2,10D2,11D2,12D2,13D2,14D2,15D2,16D2,17D2,18D2,19D2,20D2,21D2,22D2,23D2,24D2,25D2,26D2,27D2,28D2,29D2,30D2,31D2,32D2,33D2,34D2,35D2,36D2,37D2,38D2,39D2,40D2,41D2,42D2,43D2,44D2,45D2,46D2,47D2,48D2,49D2,50D2,51D2,52D2,53D2,54D.